The summed E-state index contributed by atoms with van der Waals surface area (Å²) in [4.78, 5) is -0.376. The highest BCUT2D eigenvalue weighted by atomic mass is 35.5. The maximum Gasteiger partial charge on any atom is 0.123 e. The van der Waals surface area contributed by atoms with Gasteiger partial charge in [0.2, 0.25) is 0 Å². The molecule has 3 heteroatoms. The van der Waals surface area contributed by atoms with Crippen molar-refractivity contribution >= 4 is 11.6 Å². The molecule has 1 N–H and O–H groups in total. The van der Waals surface area contributed by atoms with Crippen molar-refractivity contribution in [1.82, 2.24) is 5.32 Å². The molecule has 1 nitrogen and oxygen atoms in total. The fraction of sp³-hybridized carbons (Fsp3) is 0.500. The first-order valence-corrected chi connectivity index (χ1v) is 5.74. The minimum Gasteiger partial charge on any atom is -0.314 e. The van der Waals surface area contributed by atoms with E-state index >= 15 is 0 Å². The predicted octanol–water partition coefficient (Wildman–Crippen LogP) is 2.43. The summed E-state index contributed by atoms with van der Waals surface area (Å²) in [5.41, 5.74) is 2.22. The second kappa shape index (κ2) is 3.19. The van der Waals surface area contributed by atoms with E-state index in [1.165, 1.54) is 11.6 Å². The van der Waals surface area contributed by atoms with Crippen LogP contribution in [0.15, 0.2) is 18.2 Å². The van der Waals surface area contributed by atoms with Crippen LogP contribution in [-0.4, -0.2) is 13.1 Å². The molecule has 80 valence electrons. The number of benzene rings is 1. The van der Waals surface area contributed by atoms with E-state index in [2.05, 4.69) is 5.32 Å². The molecule has 2 aliphatic rings. The van der Waals surface area contributed by atoms with Crippen molar-refractivity contribution in [2.24, 2.45) is 5.92 Å². The SMILES string of the molecule is Fc1ccc2c(c1)C1(Cl)CNCC(C2)C1. The Bertz CT molecular complexity index is 407. The molecular weight excluding hydrogens is 213 g/mol. The Kier molecular flexibility index (Phi) is 2.05. The number of halogens is 2. The number of alkyl halides is 1. The molecule has 0 spiro atoms. The van der Waals surface area contributed by atoms with Crippen LogP contribution in [0.2, 0.25) is 0 Å². The quantitative estimate of drug-likeness (QED) is 0.669. The second-order valence-electron chi connectivity index (χ2n) is 4.67. The van der Waals surface area contributed by atoms with Crippen LogP contribution >= 0.6 is 11.6 Å². The van der Waals surface area contributed by atoms with Gasteiger partial charge in [-0.25, -0.2) is 4.39 Å². The first-order chi connectivity index (χ1) is 7.17. The van der Waals surface area contributed by atoms with E-state index in [1.807, 2.05) is 6.07 Å². The number of hydrogen-bond acceptors (Lipinski definition) is 1. The minimum atomic E-state index is -0.376. The zero-order valence-electron chi connectivity index (χ0n) is 8.39. The van der Waals surface area contributed by atoms with Crippen molar-refractivity contribution in [2.45, 2.75) is 17.7 Å². The van der Waals surface area contributed by atoms with Crippen LogP contribution in [0.5, 0.6) is 0 Å². The first kappa shape index (κ1) is 9.61. The molecule has 3 rings (SSSR count). The second-order valence-corrected chi connectivity index (χ2v) is 5.40. The van der Waals surface area contributed by atoms with Gasteiger partial charge in [-0.2, -0.15) is 0 Å². The van der Waals surface area contributed by atoms with Crippen LogP contribution in [-0.2, 0) is 11.3 Å². The molecule has 1 aliphatic heterocycles. The maximum absolute atomic E-state index is 13.2. The predicted molar refractivity (Wildman–Crippen MR) is 58.6 cm³/mol. The molecular formula is C12H13ClFN. The van der Waals surface area contributed by atoms with E-state index in [9.17, 15) is 4.39 Å². The molecule has 1 saturated heterocycles. The molecule has 2 unspecified atom stereocenters. The summed E-state index contributed by atoms with van der Waals surface area (Å²) < 4.78 is 13.2. The van der Waals surface area contributed by atoms with Gasteiger partial charge in [0, 0.05) is 6.54 Å². The molecule has 1 heterocycles. The molecule has 2 atom stereocenters. The van der Waals surface area contributed by atoms with Gasteiger partial charge in [-0.3, -0.25) is 0 Å². The van der Waals surface area contributed by atoms with E-state index in [4.69, 9.17) is 11.6 Å². The van der Waals surface area contributed by atoms with Gasteiger partial charge >= 0.3 is 0 Å². The summed E-state index contributed by atoms with van der Waals surface area (Å²) in [6, 6.07) is 5.03. The minimum absolute atomic E-state index is 0.183. The lowest BCUT2D eigenvalue weighted by molar-refractivity contribution is 0.287. The van der Waals surface area contributed by atoms with Crippen LogP contribution in [0.4, 0.5) is 4.39 Å². The van der Waals surface area contributed by atoms with Gasteiger partial charge in [-0.05, 0) is 48.6 Å². The van der Waals surface area contributed by atoms with Crippen molar-refractivity contribution in [3.8, 4) is 0 Å². The Morgan fingerprint density at radius 2 is 2.33 bits per heavy atom. The van der Waals surface area contributed by atoms with E-state index in [0.29, 0.717) is 5.92 Å². The molecule has 0 saturated carbocycles. The number of rotatable bonds is 0. The summed E-state index contributed by atoms with van der Waals surface area (Å²) in [5.74, 6) is 0.423. The highest BCUT2D eigenvalue weighted by Crippen LogP contribution is 2.44. The zero-order chi connectivity index (χ0) is 10.5. The summed E-state index contributed by atoms with van der Waals surface area (Å²) >= 11 is 6.58. The highest BCUT2D eigenvalue weighted by Gasteiger charge is 2.41. The van der Waals surface area contributed by atoms with Gasteiger partial charge in [-0.1, -0.05) is 6.07 Å². The van der Waals surface area contributed by atoms with Crippen LogP contribution in [0.25, 0.3) is 0 Å². The van der Waals surface area contributed by atoms with Crippen molar-refractivity contribution < 1.29 is 4.39 Å². The molecule has 0 amide bonds. The van der Waals surface area contributed by atoms with Crippen LogP contribution < -0.4 is 5.32 Å². The Balaban J connectivity index is 2.14. The molecule has 1 fully saturated rings. The van der Waals surface area contributed by atoms with Crippen molar-refractivity contribution in [3.63, 3.8) is 0 Å². The number of piperidine rings is 1. The Labute approximate surface area is 93.6 Å². The molecule has 15 heavy (non-hydrogen) atoms. The van der Waals surface area contributed by atoms with E-state index in [0.717, 1.165) is 31.5 Å². The number of fused-ring (bicyclic) bond motifs is 4. The lowest BCUT2D eigenvalue weighted by Gasteiger charge is -2.42. The number of hydrogen-bond donors (Lipinski definition) is 1. The zero-order valence-corrected chi connectivity index (χ0v) is 9.15. The molecule has 1 aromatic carbocycles. The lowest BCUT2D eigenvalue weighted by atomic mass is 9.74. The normalized spacial score (nSPS) is 33.6. The fourth-order valence-electron chi connectivity index (χ4n) is 2.88. The van der Waals surface area contributed by atoms with Gasteiger partial charge in [0.25, 0.3) is 0 Å². The van der Waals surface area contributed by atoms with Crippen molar-refractivity contribution in [3.05, 3.63) is 35.1 Å². The standard InChI is InChI=1S/C12H13ClFN/c13-12-5-8(6-15-7-12)3-9-1-2-10(14)4-11(9)12/h1-2,4,8,15H,3,5-7H2. The summed E-state index contributed by atoms with van der Waals surface area (Å²) in [6.07, 6.45) is 2.00. The fourth-order valence-corrected chi connectivity index (χ4v) is 3.37. The van der Waals surface area contributed by atoms with Gasteiger partial charge in [-0.15, -0.1) is 11.6 Å². The third-order valence-corrected chi connectivity index (χ3v) is 4.01. The molecule has 1 aliphatic carbocycles. The summed E-state index contributed by atoms with van der Waals surface area (Å²) in [7, 11) is 0. The molecule has 2 bridgehead atoms. The van der Waals surface area contributed by atoms with Crippen LogP contribution in [0.3, 0.4) is 0 Å². The monoisotopic (exact) mass is 225 g/mol. The Morgan fingerprint density at radius 1 is 1.47 bits per heavy atom. The third-order valence-electron chi connectivity index (χ3n) is 3.51. The topological polar surface area (TPSA) is 12.0 Å². The largest absolute Gasteiger partial charge is 0.314 e. The van der Waals surface area contributed by atoms with Crippen molar-refractivity contribution in [2.75, 3.05) is 13.1 Å². The van der Waals surface area contributed by atoms with Crippen molar-refractivity contribution in [1.29, 1.82) is 0 Å². The molecule has 0 aromatic heterocycles. The highest BCUT2D eigenvalue weighted by molar-refractivity contribution is 6.24. The van der Waals surface area contributed by atoms with Crippen LogP contribution in [0, 0.1) is 11.7 Å². The van der Waals surface area contributed by atoms with Crippen LogP contribution in [0.1, 0.15) is 17.5 Å². The van der Waals surface area contributed by atoms with Gasteiger partial charge in [0.05, 0.1) is 4.87 Å². The van der Waals surface area contributed by atoms with E-state index in [1.54, 1.807) is 6.07 Å². The average molecular weight is 226 g/mol. The smallest absolute Gasteiger partial charge is 0.123 e. The Morgan fingerprint density at radius 3 is 3.20 bits per heavy atom. The lowest BCUT2D eigenvalue weighted by Crippen LogP contribution is -2.48. The maximum atomic E-state index is 13.2. The van der Waals surface area contributed by atoms with Gasteiger partial charge < -0.3 is 5.32 Å². The third kappa shape index (κ3) is 1.47. The Hall–Kier alpha value is -0.600. The average Bonchev–Trinajstić information content (AvgIpc) is 2.19. The van der Waals surface area contributed by atoms with E-state index in [-0.39, 0.29) is 10.7 Å². The van der Waals surface area contributed by atoms with Gasteiger partial charge in [0.15, 0.2) is 0 Å². The summed E-state index contributed by atoms with van der Waals surface area (Å²) in [6.45, 7) is 1.78. The first-order valence-electron chi connectivity index (χ1n) is 5.36. The molecule has 1 aromatic rings. The summed E-state index contributed by atoms with van der Waals surface area (Å²) in [5, 5.41) is 3.33. The van der Waals surface area contributed by atoms with Gasteiger partial charge in [0.1, 0.15) is 5.82 Å². The van der Waals surface area contributed by atoms with E-state index < -0.39 is 0 Å². The molecule has 0 radical (unpaired) electrons. The number of nitrogens with one attached hydrogen (secondary N) is 1.